The van der Waals surface area contributed by atoms with E-state index in [1.807, 2.05) is 18.2 Å². The van der Waals surface area contributed by atoms with Crippen LogP contribution in [0.1, 0.15) is 32.9 Å². The Morgan fingerprint density at radius 1 is 1.20 bits per heavy atom. The summed E-state index contributed by atoms with van der Waals surface area (Å²) in [6, 6.07) is 5.81. The van der Waals surface area contributed by atoms with Crippen LogP contribution in [0, 0.1) is 0 Å². The quantitative estimate of drug-likeness (QED) is 0.668. The van der Waals surface area contributed by atoms with Crippen molar-refractivity contribution in [1.29, 1.82) is 0 Å². The van der Waals surface area contributed by atoms with E-state index in [2.05, 4.69) is 30.7 Å². The van der Waals surface area contributed by atoms with Crippen LogP contribution in [0.4, 0.5) is 0 Å². The molecule has 0 spiro atoms. The average Bonchev–Trinajstić information content (AvgIpc) is 2.46. The number of rotatable bonds is 2. The zero-order chi connectivity index (χ0) is 14.3. The molecule has 2 aromatic heterocycles. The highest BCUT2D eigenvalue weighted by molar-refractivity contribution is 6.04. The Morgan fingerprint density at radius 2 is 2.00 bits per heavy atom. The highest BCUT2D eigenvalue weighted by Crippen LogP contribution is 2.32. The second-order valence-electron chi connectivity index (χ2n) is 5.60. The van der Waals surface area contributed by atoms with Gasteiger partial charge < -0.3 is 4.42 Å². The van der Waals surface area contributed by atoms with Crippen molar-refractivity contribution in [1.82, 2.24) is 9.97 Å². The fourth-order valence-corrected chi connectivity index (χ4v) is 2.38. The summed E-state index contributed by atoms with van der Waals surface area (Å²) in [7, 11) is 0. The standard InChI is InChI=1S/C16H16N2O2/c1-4-16(2,3)14-12-6-5-10-9-17-8-7-11(10)13(12)20-15(19)18-14/h5-9H,4H2,1-3H3. The summed E-state index contributed by atoms with van der Waals surface area (Å²) in [6.45, 7) is 6.27. The van der Waals surface area contributed by atoms with E-state index in [0.717, 1.165) is 28.3 Å². The molecule has 0 fully saturated rings. The minimum atomic E-state index is -0.543. The maximum absolute atomic E-state index is 11.8. The monoisotopic (exact) mass is 268 g/mol. The molecule has 0 N–H and O–H groups in total. The molecule has 0 aliphatic heterocycles. The van der Waals surface area contributed by atoms with Gasteiger partial charge in [0, 0.05) is 34.0 Å². The Bertz CT molecular complexity index is 850. The van der Waals surface area contributed by atoms with Gasteiger partial charge in [0.25, 0.3) is 0 Å². The summed E-state index contributed by atoms with van der Waals surface area (Å²) in [5.74, 6) is -0.543. The van der Waals surface area contributed by atoms with Crippen molar-refractivity contribution in [3.63, 3.8) is 0 Å². The lowest BCUT2D eigenvalue weighted by Gasteiger charge is -2.22. The summed E-state index contributed by atoms with van der Waals surface area (Å²) >= 11 is 0. The molecular formula is C16H16N2O2. The van der Waals surface area contributed by atoms with Crippen LogP contribution >= 0.6 is 0 Å². The summed E-state index contributed by atoms with van der Waals surface area (Å²) in [4.78, 5) is 20.0. The van der Waals surface area contributed by atoms with Crippen LogP contribution in [-0.2, 0) is 5.41 Å². The molecule has 0 radical (unpaired) electrons. The normalized spacial score (nSPS) is 12.2. The van der Waals surface area contributed by atoms with Crippen molar-refractivity contribution < 1.29 is 4.42 Å². The summed E-state index contributed by atoms with van der Waals surface area (Å²) < 4.78 is 5.36. The van der Waals surface area contributed by atoms with E-state index in [9.17, 15) is 4.79 Å². The second kappa shape index (κ2) is 4.40. The van der Waals surface area contributed by atoms with Crippen LogP contribution in [0.15, 0.2) is 39.8 Å². The molecule has 0 unspecified atom stereocenters. The number of aromatic nitrogens is 2. The molecule has 0 bridgehead atoms. The first-order valence-electron chi connectivity index (χ1n) is 6.71. The summed E-state index contributed by atoms with van der Waals surface area (Å²) in [6.07, 6.45) is 4.36. The maximum Gasteiger partial charge on any atom is 0.439 e. The molecule has 0 atom stereocenters. The van der Waals surface area contributed by atoms with Gasteiger partial charge in [-0.2, -0.15) is 4.98 Å². The highest BCUT2D eigenvalue weighted by Gasteiger charge is 2.24. The Hall–Kier alpha value is -2.23. The minimum Gasteiger partial charge on any atom is -0.407 e. The number of hydrogen-bond donors (Lipinski definition) is 0. The van der Waals surface area contributed by atoms with Gasteiger partial charge in [0.15, 0.2) is 0 Å². The van der Waals surface area contributed by atoms with Crippen molar-refractivity contribution in [3.05, 3.63) is 46.8 Å². The molecule has 0 amide bonds. The van der Waals surface area contributed by atoms with E-state index < -0.39 is 5.76 Å². The van der Waals surface area contributed by atoms with Gasteiger partial charge >= 0.3 is 5.76 Å². The van der Waals surface area contributed by atoms with Gasteiger partial charge in [-0.15, -0.1) is 0 Å². The smallest absolute Gasteiger partial charge is 0.407 e. The molecule has 0 saturated carbocycles. The van der Waals surface area contributed by atoms with Crippen molar-refractivity contribution >= 4 is 21.7 Å². The third-order valence-corrected chi connectivity index (χ3v) is 3.94. The molecule has 3 rings (SSSR count). The van der Waals surface area contributed by atoms with E-state index in [-0.39, 0.29) is 5.41 Å². The molecule has 0 aliphatic rings. The lowest BCUT2D eigenvalue weighted by atomic mass is 9.84. The third kappa shape index (κ3) is 1.88. The van der Waals surface area contributed by atoms with E-state index in [1.54, 1.807) is 12.4 Å². The van der Waals surface area contributed by atoms with Crippen molar-refractivity contribution in [2.24, 2.45) is 0 Å². The number of nitrogens with zero attached hydrogens (tertiary/aromatic N) is 2. The van der Waals surface area contributed by atoms with Crippen LogP contribution in [-0.4, -0.2) is 9.97 Å². The number of fused-ring (bicyclic) bond motifs is 3. The van der Waals surface area contributed by atoms with Gasteiger partial charge in [-0.3, -0.25) is 4.98 Å². The predicted octanol–water partition coefficient (Wildman–Crippen LogP) is 3.42. The number of benzene rings is 1. The molecule has 20 heavy (non-hydrogen) atoms. The van der Waals surface area contributed by atoms with Gasteiger partial charge in [-0.25, -0.2) is 4.79 Å². The zero-order valence-corrected chi connectivity index (χ0v) is 11.8. The molecular weight excluding hydrogens is 252 g/mol. The molecule has 0 aliphatic carbocycles. The van der Waals surface area contributed by atoms with E-state index in [4.69, 9.17) is 4.42 Å². The first-order chi connectivity index (χ1) is 9.53. The molecule has 2 heterocycles. The lowest BCUT2D eigenvalue weighted by Crippen LogP contribution is -2.22. The van der Waals surface area contributed by atoms with E-state index in [1.165, 1.54) is 0 Å². The van der Waals surface area contributed by atoms with Crippen molar-refractivity contribution in [3.8, 4) is 0 Å². The second-order valence-corrected chi connectivity index (χ2v) is 5.60. The molecule has 102 valence electrons. The SMILES string of the molecule is CCC(C)(C)c1nc(=O)oc2c1ccc1cnccc12. The third-order valence-electron chi connectivity index (χ3n) is 3.94. The van der Waals surface area contributed by atoms with Gasteiger partial charge in [-0.05, 0) is 18.6 Å². The van der Waals surface area contributed by atoms with Crippen molar-refractivity contribution in [2.75, 3.05) is 0 Å². The van der Waals surface area contributed by atoms with Gasteiger partial charge in [0.05, 0.1) is 5.69 Å². The molecule has 4 heteroatoms. The largest absolute Gasteiger partial charge is 0.439 e. The van der Waals surface area contributed by atoms with Crippen LogP contribution in [0.2, 0.25) is 0 Å². The van der Waals surface area contributed by atoms with E-state index in [0.29, 0.717) is 5.58 Å². The molecule has 3 aromatic rings. The first kappa shape index (κ1) is 12.8. The molecule has 4 nitrogen and oxygen atoms in total. The Balaban J connectivity index is 2.50. The first-order valence-corrected chi connectivity index (χ1v) is 6.71. The minimum absolute atomic E-state index is 0.172. The fourth-order valence-electron chi connectivity index (χ4n) is 2.38. The highest BCUT2D eigenvalue weighted by atomic mass is 16.4. The zero-order valence-electron chi connectivity index (χ0n) is 11.8. The van der Waals surface area contributed by atoms with Crippen LogP contribution in [0.5, 0.6) is 0 Å². The van der Waals surface area contributed by atoms with Gasteiger partial charge in [0.1, 0.15) is 5.58 Å². The molecule has 1 aromatic carbocycles. The Kier molecular flexibility index (Phi) is 2.82. The summed E-state index contributed by atoms with van der Waals surface area (Å²) in [5.41, 5.74) is 1.22. The van der Waals surface area contributed by atoms with Gasteiger partial charge in [-0.1, -0.05) is 26.8 Å². The van der Waals surface area contributed by atoms with Gasteiger partial charge in [0.2, 0.25) is 0 Å². The van der Waals surface area contributed by atoms with Crippen LogP contribution in [0.3, 0.4) is 0 Å². The average molecular weight is 268 g/mol. The number of pyridine rings is 1. The lowest BCUT2D eigenvalue weighted by molar-refractivity contribution is 0.465. The van der Waals surface area contributed by atoms with Crippen LogP contribution < -0.4 is 5.76 Å². The number of hydrogen-bond acceptors (Lipinski definition) is 4. The summed E-state index contributed by atoms with van der Waals surface area (Å²) in [5, 5.41) is 2.75. The fraction of sp³-hybridized carbons (Fsp3) is 0.312. The Morgan fingerprint density at radius 3 is 2.75 bits per heavy atom. The van der Waals surface area contributed by atoms with E-state index >= 15 is 0 Å². The molecule has 0 saturated heterocycles. The topological polar surface area (TPSA) is 56.0 Å². The predicted molar refractivity (Wildman–Crippen MR) is 78.9 cm³/mol. The maximum atomic E-state index is 11.8. The van der Waals surface area contributed by atoms with Crippen molar-refractivity contribution in [2.45, 2.75) is 32.6 Å². The Labute approximate surface area is 116 Å². The van der Waals surface area contributed by atoms with Crippen LogP contribution in [0.25, 0.3) is 21.7 Å².